The van der Waals surface area contributed by atoms with Crippen LogP contribution in [-0.2, 0) is 4.79 Å². The van der Waals surface area contributed by atoms with E-state index in [2.05, 4.69) is 72.8 Å². The first kappa shape index (κ1) is 22.0. The van der Waals surface area contributed by atoms with Crippen LogP contribution in [0.25, 0.3) is 5.69 Å². The third-order valence-electron chi connectivity index (χ3n) is 5.00. The number of aryl methyl sites for hydroxylation is 2. The summed E-state index contributed by atoms with van der Waals surface area (Å²) in [5, 5.41) is 15.8. The van der Waals surface area contributed by atoms with Gasteiger partial charge in [0.15, 0.2) is 0 Å². The van der Waals surface area contributed by atoms with E-state index in [0.717, 1.165) is 33.6 Å². The normalized spacial score (nSPS) is 11.3. The van der Waals surface area contributed by atoms with Gasteiger partial charge in [-0.05, 0) is 64.4 Å². The lowest BCUT2D eigenvalue weighted by Crippen LogP contribution is -2.18. The molecule has 1 heterocycles. The minimum atomic E-state index is -0.0643. The summed E-state index contributed by atoms with van der Waals surface area (Å²) in [6.45, 7) is 12.6. The van der Waals surface area contributed by atoms with E-state index in [4.69, 9.17) is 0 Å². The fourth-order valence-corrected chi connectivity index (χ4v) is 4.05. The topological polar surface area (TPSA) is 72.7 Å². The van der Waals surface area contributed by atoms with Crippen LogP contribution in [0.3, 0.4) is 0 Å². The van der Waals surface area contributed by atoms with Crippen molar-refractivity contribution in [2.45, 2.75) is 58.5 Å². The van der Waals surface area contributed by atoms with Crippen molar-refractivity contribution in [3.63, 3.8) is 0 Å². The number of rotatable bonds is 7. The van der Waals surface area contributed by atoms with Gasteiger partial charge in [0.05, 0.1) is 11.4 Å². The van der Waals surface area contributed by atoms with Crippen molar-refractivity contribution in [1.29, 1.82) is 0 Å². The maximum absolute atomic E-state index is 12.8. The van der Waals surface area contributed by atoms with Crippen LogP contribution in [0.4, 0.5) is 5.69 Å². The first-order chi connectivity index (χ1) is 14.3. The van der Waals surface area contributed by atoms with E-state index in [-0.39, 0.29) is 11.7 Å². The number of carbonyl (C=O) groups is 1. The highest BCUT2D eigenvalue weighted by Gasteiger charge is 2.18. The Hall–Kier alpha value is -2.67. The number of amides is 1. The fourth-order valence-electron chi connectivity index (χ4n) is 3.37. The molecule has 0 radical (unpaired) electrons. The number of nitrogens with zero attached hydrogens (tertiary/aromatic N) is 4. The molecule has 1 aromatic heterocycles. The Balaban J connectivity index is 1.78. The second kappa shape index (κ2) is 9.43. The third kappa shape index (κ3) is 4.90. The first-order valence-electron chi connectivity index (χ1n) is 10.2. The zero-order chi connectivity index (χ0) is 21.8. The number of anilines is 1. The molecule has 0 spiro atoms. The summed E-state index contributed by atoms with van der Waals surface area (Å²) in [6, 6.07) is 12.4. The van der Waals surface area contributed by atoms with Crippen molar-refractivity contribution < 1.29 is 4.79 Å². The van der Waals surface area contributed by atoms with Crippen molar-refractivity contribution in [3.8, 4) is 5.69 Å². The molecule has 0 unspecified atom stereocenters. The molecule has 0 aliphatic carbocycles. The smallest absolute Gasteiger partial charge is 0.234 e. The average molecular weight is 424 g/mol. The summed E-state index contributed by atoms with van der Waals surface area (Å²) >= 11 is 1.33. The molecule has 0 bridgehead atoms. The summed E-state index contributed by atoms with van der Waals surface area (Å²) < 4.78 is 1.70. The van der Waals surface area contributed by atoms with Crippen LogP contribution >= 0.6 is 11.8 Å². The Morgan fingerprint density at radius 3 is 2.37 bits per heavy atom. The van der Waals surface area contributed by atoms with E-state index in [0.29, 0.717) is 17.0 Å². The summed E-state index contributed by atoms with van der Waals surface area (Å²) in [7, 11) is 0. The minimum absolute atomic E-state index is 0.0643. The average Bonchev–Trinajstić information content (AvgIpc) is 3.16. The second-order valence-corrected chi connectivity index (χ2v) is 9.06. The molecule has 158 valence electrons. The Morgan fingerprint density at radius 1 is 1.07 bits per heavy atom. The van der Waals surface area contributed by atoms with Crippen LogP contribution in [0.2, 0.25) is 0 Å². The van der Waals surface area contributed by atoms with Crippen LogP contribution in [0.5, 0.6) is 0 Å². The molecular weight excluding hydrogens is 394 g/mol. The molecule has 0 aliphatic rings. The molecule has 30 heavy (non-hydrogen) atoms. The van der Waals surface area contributed by atoms with E-state index in [1.807, 2.05) is 26.0 Å². The molecule has 0 aliphatic heterocycles. The second-order valence-electron chi connectivity index (χ2n) is 8.12. The molecular formula is C23H29N5OS. The molecule has 6 nitrogen and oxygen atoms in total. The quantitative estimate of drug-likeness (QED) is 0.525. The Labute approximate surface area is 182 Å². The Bertz CT molecular complexity index is 1020. The largest absolute Gasteiger partial charge is 0.325 e. The number of para-hydroxylation sites is 1. The van der Waals surface area contributed by atoms with Crippen molar-refractivity contribution in [2.24, 2.45) is 0 Å². The predicted octanol–water partition coefficient (Wildman–Crippen LogP) is 5.26. The van der Waals surface area contributed by atoms with Crippen LogP contribution in [0, 0.1) is 13.8 Å². The van der Waals surface area contributed by atoms with Gasteiger partial charge < -0.3 is 5.32 Å². The van der Waals surface area contributed by atoms with Gasteiger partial charge in [-0.3, -0.25) is 4.79 Å². The predicted molar refractivity (Wildman–Crippen MR) is 123 cm³/mol. The highest BCUT2D eigenvalue weighted by Crippen LogP contribution is 2.32. The van der Waals surface area contributed by atoms with Gasteiger partial charge in [0.1, 0.15) is 0 Å². The molecule has 7 heteroatoms. The molecule has 0 saturated carbocycles. The molecule has 3 aromatic rings. The molecule has 0 atom stereocenters. The summed E-state index contributed by atoms with van der Waals surface area (Å²) in [6.07, 6.45) is 0. The number of thioether (sulfide) groups is 1. The number of aromatic nitrogens is 4. The number of tetrazole rings is 1. The number of nitrogens with one attached hydrogen (secondary N) is 1. The minimum Gasteiger partial charge on any atom is -0.325 e. The lowest BCUT2D eigenvalue weighted by molar-refractivity contribution is -0.113. The van der Waals surface area contributed by atoms with Gasteiger partial charge in [0, 0.05) is 5.69 Å². The maximum atomic E-state index is 12.8. The van der Waals surface area contributed by atoms with E-state index >= 15 is 0 Å². The standard InChI is InChI=1S/C23H29N5OS/c1-14(2)18-8-7-9-19(15(3)4)22(18)24-21(29)13-30-23-25-26-27-28(23)20-12-16(5)10-11-17(20)6/h7-12,14-15H,13H2,1-6H3,(H,24,29). The van der Waals surface area contributed by atoms with Gasteiger partial charge in [0.25, 0.3) is 0 Å². The van der Waals surface area contributed by atoms with Gasteiger partial charge in [0.2, 0.25) is 11.1 Å². The van der Waals surface area contributed by atoms with Gasteiger partial charge in [-0.25, -0.2) is 0 Å². The van der Waals surface area contributed by atoms with Crippen LogP contribution in [0.15, 0.2) is 41.6 Å². The summed E-state index contributed by atoms with van der Waals surface area (Å²) in [5.41, 5.74) is 6.37. The first-order valence-corrected chi connectivity index (χ1v) is 11.2. The van der Waals surface area contributed by atoms with E-state index in [9.17, 15) is 4.79 Å². The van der Waals surface area contributed by atoms with E-state index in [1.165, 1.54) is 11.8 Å². The van der Waals surface area contributed by atoms with Crippen molar-refractivity contribution in [1.82, 2.24) is 20.2 Å². The van der Waals surface area contributed by atoms with Crippen molar-refractivity contribution in [2.75, 3.05) is 11.1 Å². The summed E-state index contributed by atoms with van der Waals surface area (Å²) in [4.78, 5) is 12.8. The lowest BCUT2D eigenvalue weighted by Gasteiger charge is -2.20. The van der Waals surface area contributed by atoms with Gasteiger partial charge in [-0.2, -0.15) is 4.68 Å². The lowest BCUT2D eigenvalue weighted by atomic mass is 9.92. The van der Waals surface area contributed by atoms with Crippen LogP contribution < -0.4 is 5.32 Å². The maximum Gasteiger partial charge on any atom is 0.234 e. The molecule has 1 N–H and O–H groups in total. The molecule has 2 aromatic carbocycles. The SMILES string of the molecule is Cc1ccc(C)c(-n2nnnc2SCC(=O)Nc2c(C(C)C)cccc2C(C)C)c1. The number of benzene rings is 2. The van der Waals surface area contributed by atoms with Crippen LogP contribution in [-0.4, -0.2) is 31.9 Å². The van der Waals surface area contributed by atoms with E-state index < -0.39 is 0 Å². The van der Waals surface area contributed by atoms with Gasteiger partial charge >= 0.3 is 0 Å². The number of hydrogen-bond donors (Lipinski definition) is 1. The zero-order valence-corrected chi connectivity index (χ0v) is 19.2. The highest BCUT2D eigenvalue weighted by molar-refractivity contribution is 7.99. The zero-order valence-electron chi connectivity index (χ0n) is 18.4. The van der Waals surface area contributed by atoms with Gasteiger partial charge in [-0.1, -0.05) is 69.8 Å². The molecule has 1 amide bonds. The Kier molecular flexibility index (Phi) is 6.92. The fraction of sp³-hybridized carbons (Fsp3) is 0.391. The third-order valence-corrected chi connectivity index (χ3v) is 5.92. The van der Waals surface area contributed by atoms with E-state index in [1.54, 1.807) is 4.68 Å². The molecule has 3 rings (SSSR count). The van der Waals surface area contributed by atoms with Crippen LogP contribution in [0.1, 0.15) is 61.8 Å². The molecule has 0 saturated heterocycles. The van der Waals surface area contributed by atoms with Gasteiger partial charge in [-0.15, -0.1) is 5.10 Å². The highest BCUT2D eigenvalue weighted by atomic mass is 32.2. The summed E-state index contributed by atoms with van der Waals surface area (Å²) in [5.74, 6) is 0.812. The van der Waals surface area contributed by atoms with Crippen molar-refractivity contribution in [3.05, 3.63) is 58.7 Å². The number of hydrogen-bond acceptors (Lipinski definition) is 5. The van der Waals surface area contributed by atoms with Crippen molar-refractivity contribution >= 4 is 23.4 Å². The monoisotopic (exact) mass is 423 g/mol. The Morgan fingerprint density at radius 2 is 1.73 bits per heavy atom. The molecule has 0 fully saturated rings. The number of carbonyl (C=O) groups excluding carboxylic acids is 1.